The minimum absolute atomic E-state index is 0.0591. The van der Waals surface area contributed by atoms with Crippen molar-refractivity contribution >= 4 is 34.1 Å². The Morgan fingerprint density at radius 2 is 2.00 bits per heavy atom. The molecular formula is C16H17N3OS2. The SMILES string of the molecule is O=C(C1Cc2ccccc2S1)N1CCN(c2nccs2)CC1. The van der Waals surface area contributed by atoms with Gasteiger partial charge in [0.1, 0.15) is 0 Å². The van der Waals surface area contributed by atoms with Crippen molar-refractivity contribution in [3.63, 3.8) is 0 Å². The molecule has 1 fully saturated rings. The highest BCUT2D eigenvalue weighted by atomic mass is 32.2. The summed E-state index contributed by atoms with van der Waals surface area (Å²) in [6.45, 7) is 3.35. The van der Waals surface area contributed by atoms with Crippen molar-refractivity contribution in [3.05, 3.63) is 41.4 Å². The molecule has 1 aromatic carbocycles. The maximum Gasteiger partial charge on any atom is 0.236 e. The van der Waals surface area contributed by atoms with Crippen LogP contribution in [0.1, 0.15) is 5.56 Å². The fourth-order valence-corrected chi connectivity index (χ4v) is 4.99. The molecule has 0 bridgehead atoms. The Morgan fingerprint density at radius 3 is 2.73 bits per heavy atom. The van der Waals surface area contributed by atoms with Crippen molar-refractivity contribution in [3.8, 4) is 0 Å². The lowest BCUT2D eigenvalue weighted by molar-refractivity contribution is -0.130. The summed E-state index contributed by atoms with van der Waals surface area (Å²) in [7, 11) is 0. The van der Waals surface area contributed by atoms with E-state index >= 15 is 0 Å². The molecule has 114 valence electrons. The number of carbonyl (C=O) groups is 1. The van der Waals surface area contributed by atoms with Gasteiger partial charge in [-0.25, -0.2) is 4.98 Å². The second-order valence-corrected chi connectivity index (χ2v) is 7.66. The molecule has 2 aliphatic rings. The molecule has 0 saturated carbocycles. The van der Waals surface area contributed by atoms with E-state index in [1.807, 2.05) is 22.5 Å². The van der Waals surface area contributed by atoms with Gasteiger partial charge < -0.3 is 9.80 Å². The highest BCUT2D eigenvalue weighted by Gasteiger charge is 2.32. The molecule has 1 amide bonds. The molecule has 1 atom stereocenters. The number of aromatic nitrogens is 1. The van der Waals surface area contributed by atoms with Crippen molar-refractivity contribution in [1.29, 1.82) is 0 Å². The second-order valence-electron chi connectivity index (χ2n) is 5.55. The van der Waals surface area contributed by atoms with Crippen LogP contribution in [0.3, 0.4) is 0 Å². The van der Waals surface area contributed by atoms with Crippen LogP contribution in [0.4, 0.5) is 5.13 Å². The van der Waals surface area contributed by atoms with Crippen molar-refractivity contribution in [1.82, 2.24) is 9.88 Å². The van der Waals surface area contributed by atoms with Gasteiger partial charge in [-0.3, -0.25) is 4.79 Å². The van der Waals surface area contributed by atoms with Gasteiger partial charge in [0.05, 0.1) is 5.25 Å². The molecular weight excluding hydrogens is 314 g/mol. The number of thiazole rings is 1. The van der Waals surface area contributed by atoms with Gasteiger partial charge in [-0.1, -0.05) is 18.2 Å². The fourth-order valence-electron chi connectivity index (χ4n) is 3.01. The number of fused-ring (bicyclic) bond motifs is 1. The molecule has 22 heavy (non-hydrogen) atoms. The lowest BCUT2D eigenvalue weighted by Crippen LogP contribution is -2.51. The number of benzene rings is 1. The van der Waals surface area contributed by atoms with E-state index in [9.17, 15) is 4.79 Å². The molecule has 6 heteroatoms. The summed E-state index contributed by atoms with van der Waals surface area (Å²) in [5.74, 6) is 0.292. The van der Waals surface area contributed by atoms with E-state index in [1.165, 1.54) is 10.5 Å². The first kappa shape index (κ1) is 14.1. The summed E-state index contributed by atoms with van der Waals surface area (Å²) in [5.41, 5.74) is 1.31. The van der Waals surface area contributed by atoms with Crippen LogP contribution in [0.5, 0.6) is 0 Å². The van der Waals surface area contributed by atoms with E-state index in [0.717, 1.165) is 37.7 Å². The Labute approximate surface area is 138 Å². The van der Waals surface area contributed by atoms with Crippen LogP contribution in [0.25, 0.3) is 0 Å². The molecule has 1 saturated heterocycles. The number of carbonyl (C=O) groups excluding carboxylic acids is 1. The maximum atomic E-state index is 12.7. The van der Waals surface area contributed by atoms with E-state index in [4.69, 9.17) is 0 Å². The van der Waals surface area contributed by atoms with Gasteiger partial charge in [-0.15, -0.1) is 23.1 Å². The molecule has 4 rings (SSSR count). The monoisotopic (exact) mass is 331 g/mol. The molecule has 3 heterocycles. The largest absolute Gasteiger partial charge is 0.345 e. The minimum atomic E-state index is 0.0591. The number of thioether (sulfide) groups is 1. The van der Waals surface area contributed by atoms with Gasteiger partial charge in [-0.2, -0.15) is 0 Å². The van der Waals surface area contributed by atoms with Gasteiger partial charge in [0, 0.05) is 42.7 Å². The molecule has 1 unspecified atom stereocenters. The number of rotatable bonds is 2. The first-order chi connectivity index (χ1) is 10.8. The Morgan fingerprint density at radius 1 is 1.18 bits per heavy atom. The third kappa shape index (κ3) is 2.61. The summed E-state index contributed by atoms with van der Waals surface area (Å²) in [6, 6.07) is 8.36. The van der Waals surface area contributed by atoms with E-state index in [0.29, 0.717) is 5.91 Å². The number of piperazine rings is 1. The van der Waals surface area contributed by atoms with Crippen LogP contribution >= 0.6 is 23.1 Å². The number of anilines is 1. The van der Waals surface area contributed by atoms with E-state index in [2.05, 4.69) is 28.1 Å². The van der Waals surface area contributed by atoms with Gasteiger partial charge >= 0.3 is 0 Å². The van der Waals surface area contributed by atoms with E-state index in [-0.39, 0.29) is 5.25 Å². The zero-order valence-electron chi connectivity index (χ0n) is 12.1. The van der Waals surface area contributed by atoms with Crippen LogP contribution in [-0.2, 0) is 11.2 Å². The molecule has 2 aliphatic heterocycles. The predicted octanol–water partition coefficient (Wildman–Crippen LogP) is 2.51. The number of amides is 1. The standard InChI is InChI=1S/C16H17N3OS2/c20-15(14-11-12-3-1-2-4-13(12)22-14)18-6-8-19(9-7-18)16-17-5-10-21-16/h1-5,10,14H,6-9,11H2. The normalized spacial score (nSPS) is 21.0. The lowest BCUT2D eigenvalue weighted by Gasteiger charge is -2.35. The molecule has 1 aromatic heterocycles. The lowest BCUT2D eigenvalue weighted by atomic mass is 10.1. The molecule has 4 nitrogen and oxygen atoms in total. The first-order valence-electron chi connectivity index (χ1n) is 7.49. The summed E-state index contributed by atoms with van der Waals surface area (Å²) in [4.78, 5) is 22.6. The minimum Gasteiger partial charge on any atom is -0.345 e. The molecule has 0 radical (unpaired) electrons. The van der Waals surface area contributed by atoms with Crippen molar-refractivity contribution in [2.24, 2.45) is 0 Å². The van der Waals surface area contributed by atoms with Gasteiger partial charge in [0.25, 0.3) is 0 Å². The van der Waals surface area contributed by atoms with E-state index in [1.54, 1.807) is 23.1 Å². The van der Waals surface area contributed by atoms with Crippen LogP contribution in [0, 0.1) is 0 Å². The second kappa shape index (κ2) is 5.93. The van der Waals surface area contributed by atoms with Crippen molar-refractivity contribution in [2.45, 2.75) is 16.6 Å². The van der Waals surface area contributed by atoms with Crippen LogP contribution in [-0.4, -0.2) is 47.2 Å². The predicted molar refractivity (Wildman–Crippen MR) is 90.7 cm³/mol. The smallest absolute Gasteiger partial charge is 0.236 e. The van der Waals surface area contributed by atoms with Crippen LogP contribution in [0.15, 0.2) is 40.7 Å². The third-order valence-electron chi connectivity index (χ3n) is 4.20. The highest BCUT2D eigenvalue weighted by Crippen LogP contribution is 2.37. The van der Waals surface area contributed by atoms with Gasteiger partial charge in [-0.05, 0) is 18.1 Å². The topological polar surface area (TPSA) is 36.4 Å². The Hall–Kier alpha value is -1.53. The number of hydrogen-bond donors (Lipinski definition) is 0. The summed E-state index contributed by atoms with van der Waals surface area (Å²) in [5, 5.41) is 3.12. The first-order valence-corrected chi connectivity index (χ1v) is 9.25. The van der Waals surface area contributed by atoms with E-state index < -0.39 is 0 Å². The Bertz CT molecular complexity index is 641. The van der Waals surface area contributed by atoms with Crippen molar-refractivity contribution in [2.75, 3.05) is 31.1 Å². The van der Waals surface area contributed by atoms with Crippen molar-refractivity contribution < 1.29 is 4.79 Å². The highest BCUT2D eigenvalue weighted by molar-refractivity contribution is 8.01. The quantitative estimate of drug-likeness (QED) is 0.847. The molecule has 0 spiro atoms. The Balaban J connectivity index is 1.37. The fraction of sp³-hybridized carbons (Fsp3) is 0.375. The molecule has 0 N–H and O–H groups in total. The summed E-state index contributed by atoms with van der Waals surface area (Å²) >= 11 is 3.38. The zero-order chi connectivity index (χ0) is 14.9. The maximum absolute atomic E-state index is 12.7. The van der Waals surface area contributed by atoms with Gasteiger partial charge in [0.15, 0.2) is 5.13 Å². The average Bonchev–Trinajstić information content (AvgIpc) is 3.23. The van der Waals surface area contributed by atoms with Crippen LogP contribution in [0.2, 0.25) is 0 Å². The average molecular weight is 331 g/mol. The molecule has 0 aliphatic carbocycles. The summed E-state index contributed by atoms with van der Waals surface area (Å²) in [6.07, 6.45) is 2.70. The number of nitrogens with zero attached hydrogens (tertiary/aromatic N) is 3. The van der Waals surface area contributed by atoms with Crippen LogP contribution < -0.4 is 4.90 Å². The zero-order valence-corrected chi connectivity index (χ0v) is 13.8. The summed E-state index contributed by atoms with van der Waals surface area (Å²) < 4.78 is 0. The Kier molecular flexibility index (Phi) is 3.80. The van der Waals surface area contributed by atoms with Gasteiger partial charge in [0.2, 0.25) is 5.91 Å². The number of hydrogen-bond acceptors (Lipinski definition) is 5. The molecule has 2 aromatic rings. The third-order valence-corrected chi connectivity index (χ3v) is 6.34.